The lowest BCUT2D eigenvalue weighted by Crippen LogP contribution is -2.83. The van der Waals surface area contributed by atoms with Gasteiger partial charge in [-0.15, -0.1) is 0 Å². The van der Waals surface area contributed by atoms with Crippen molar-refractivity contribution in [2.75, 3.05) is 20.8 Å². The zero-order chi connectivity index (χ0) is 47.5. The first kappa shape index (κ1) is 48.2. The number of fused-ring (bicyclic) bond motifs is 4. The van der Waals surface area contributed by atoms with Gasteiger partial charge in [-0.25, -0.2) is 24.0 Å². The maximum absolute atomic E-state index is 15.8. The minimum atomic E-state index is -2.31. The number of alkyl carbamates (subject to hydrolysis) is 1. The van der Waals surface area contributed by atoms with Crippen LogP contribution in [-0.2, 0) is 61.8 Å². The highest BCUT2D eigenvalue weighted by Gasteiger charge is 2.83. The minimum Gasteiger partial charge on any atom is -0.454 e. The van der Waals surface area contributed by atoms with Crippen molar-refractivity contribution in [2.45, 2.75) is 148 Å². The highest BCUT2D eigenvalue weighted by molar-refractivity contribution is 5.95. The number of carbonyl (C=O) groups is 7. The second-order valence-electron chi connectivity index (χ2n) is 19.2. The summed E-state index contributed by atoms with van der Waals surface area (Å²) >= 11 is 0. The van der Waals surface area contributed by atoms with Gasteiger partial charge in [0.2, 0.25) is 5.60 Å². The smallest absolute Gasteiger partial charge is 0.454 e. The molecule has 2 saturated heterocycles. The molecule has 1 aromatic carbocycles. The summed E-state index contributed by atoms with van der Waals surface area (Å²) in [7, 11) is 2.33. The minimum absolute atomic E-state index is 0.0343. The number of amides is 1. The first-order valence-electron chi connectivity index (χ1n) is 21.2. The molecule has 6 rings (SSSR count). The van der Waals surface area contributed by atoms with Crippen molar-refractivity contribution in [3.8, 4) is 0 Å². The average molecular weight is 902 g/mol. The molecule has 2 aliphatic heterocycles. The summed E-state index contributed by atoms with van der Waals surface area (Å²) in [6.07, 6.45) is -14.9. The predicted molar refractivity (Wildman–Crippen MR) is 218 cm³/mol. The van der Waals surface area contributed by atoms with E-state index in [1.807, 2.05) is 13.8 Å². The average Bonchev–Trinajstić information content (AvgIpc) is 3.57. The molecule has 2 saturated carbocycles. The van der Waals surface area contributed by atoms with Gasteiger partial charge in [0.15, 0.2) is 35.8 Å². The summed E-state index contributed by atoms with van der Waals surface area (Å²) in [5, 5.41) is 14.2. The van der Waals surface area contributed by atoms with Crippen LogP contribution in [0.3, 0.4) is 0 Å². The molecule has 0 unspecified atom stereocenters. The van der Waals surface area contributed by atoms with Crippen molar-refractivity contribution in [2.24, 2.45) is 22.7 Å². The van der Waals surface area contributed by atoms with E-state index in [4.69, 9.17) is 47.4 Å². The van der Waals surface area contributed by atoms with Gasteiger partial charge in [0, 0.05) is 25.9 Å². The fourth-order valence-electron chi connectivity index (χ4n) is 10.6. The number of carbonyl (C=O) groups excluding carboxylic acids is 7. The molecule has 0 aromatic heterocycles. The lowest BCUT2D eigenvalue weighted by Gasteiger charge is -2.67. The number of methoxy groups -OCH3 is 2. The van der Waals surface area contributed by atoms with E-state index in [0.29, 0.717) is 0 Å². The molecule has 64 heavy (non-hydrogen) atoms. The van der Waals surface area contributed by atoms with E-state index in [-0.39, 0.29) is 42.1 Å². The molecule has 4 fully saturated rings. The molecule has 19 nitrogen and oxygen atoms in total. The third-order valence-corrected chi connectivity index (χ3v) is 13.3. The van der Waals surface area contributed by atoms with Crippen LogP contribution in [0.25, 0.3) is 0 Å². The van der Waals surface area contributed by atoms with Gasteiger partial charge in [0.25, 0.3) is 0 Å². The van der Waals surface area contributed by atoms with Crippen LogP contribution >= 0.6 is 0 Å². The molecule has 352 valence electrons. The Morgan fingerprint density at radius 2 is 1.64 bits per heavy atom. The van der Waals surface area contributed by atoms with Crippen molar-refractivity contribution in [1.29, 1.82) is 0 Å². The molecular formula is C45H59NO18. The number of ketones is 1. The van der Waals surface area contributed by atoms with Gasteiger partial charge in [-0.05, 0) is 70.2 Å². The van der Waals surface area contributed by atoms with Crippen molar-refractivity contribution in [3.63, 3.8) is 0 Å². The number of aliphatic hydroxyl groups is 1. The predicted octanol–water partition coefficient (Wildman–Crippen LogP) is 4.53. The largest absolute Gasteiger partial charge is 0.509 e. The Morgan fingerprint density at radius 3 is 2.19 bits per heavy atom. The molecule has 5 aliphatic rings. The molecule has 12 atom stereocenters. The summed E-state index contributed by atoms with van der Waals surface area (Å²) in [6, 6.07) is 6.54. The quantitative estimate of drug-likeness (QED) is 0.176. The number of rotatable bonds is 11. The molecule has 1 spiro atoms. The van der Waals surface area contributed by atoms with E-state index in [9.17, 15) is 33.9 Å². The molecular weight excluding hydrogens is 842 g/mol. The normalized spacial score (nSPS) is 33.4. The van der Waals surface area contributed by atoms with Crippen LogP contribution in [0.5, 0.6) is 0 Å². The number of esters is 3. The van der Waals surface area contributed by atoms with E-state index < -0.39 is 124 Å². The third-order valence-electron chi connectivity index (χ3n) is 13.3. The summed E-state index contributed by atoms with van der Waals surface area (Å²) in [4.78, 5) is 98.0. The van der Waals surface area contributed by atoms with Crippen LogP contribution in [-0.4, -0.2) is 134 Å². The molecule has 1 amide bonds. The molecule has 2 heterocycles. The van der Waals surface area contributed by atoms with Gasteiger partial charge in [-0.3, -0.25) is 9.59 Å². The van der Waals surface area contributed by atoms with Crippen molar-refractivity contribution in [1.82, 2.24) is 5.32 Å². The van der Waals surface area contributed by atoms with Crippen LogP contribution in [0.15, 0.2) is 41.5 Å². The fourth-order valence-corrected chi connectivity index (χ4v) is 10.6. The number of hydrogen-bond donors (Lipinski definition) is 2. The number of Topliss-reactive ketones (excluding diaryl/α,β-unsaturated/α-hetero) is 1. The van der Waals surface area contributed by atoms with Crippen LogP contribution in [0.1, 0.15) is 92.4 Å². The number of nitrogens with one attached hydrogen (secondary N) is 1. The standard InChI is InChI=1S/C45H59NO18/c1-21(2)18-25(46-38(52)63-41(5,6)7)29(48)37(51)59-30-22(3)28-31(55-11)33(49)43(10)26(58-39(53)56-12)19-27-44(20-57-27,62-23(4)47)32(43)35(60-36(50)24-16-14-13-15-17-24)45(42(28,8)9)34(30)61-40(54)64-45/h13-17,21,25-27,29-32,34-35,48H,18-20H2,1-12H3,(H,46,52)/t25-,26-,27+,29+,30+,31+,32-,34-,35-,43+,44-,45+/m0/s1. The first-order chi connectivity index (χ1) is 29.8. The van der Waals surface area contributed by atoms with Gasteiger partial charge in [-0.1, -0.05) is 45.9 Å². The van der Waals surface area contributed by atoms with E-state index >= 15 is 4.79 Å². The van der Waals surface area contributed by atoms with Crippen LogP contribution < -0.4 is 5.32 Å². The van der Waals surface area contributed by atoms with E-state index in [2.05, 4.69) is 5.32 Å². The van der Waals surface area contributed by atoms with Crippen LogP contribution in [0, 0.1) is 22.7 Å². The lowest BCUT2D eigenvalue weighted by molar-refractivity contribution is -0.345. The molecule has 1 aromatic rings. The molecule has 2 N–H and O–H groups in total. The lowest BCUT2D eigenvalue weighted by atomic mass is 9.44. The fraction of sp³-hybridized carbons (Fsp3) is 0.667. The molecule has 19 heteroatoms. The summed E-state index contributed by atoms with van der Waals surface area (Å²) in [5.74, 6) is -5.54. The second-order valence-corrected chi connectivity index (χ2v) is 19.2. The number of aliphatic hydroxyl groups excluding tert-OH is 1. The monoisotopic (exact) mass is 901 g/mol. The Morgan fingerprint density at radius 1 is 0.984 bits per heavy atom. The molecule has 2 bridgehead atoms. The van der Waals surface area contributed by atoms with Crippen molar-refractivity contribution < 1.29 is 86.0 Å². The zero-order valence-electron chi connectivity index (χ0n) is 38.2. The summed E-state index contributed by atoms with van der Waals surface area (Å²) in [6.45, 7) is 15.6. The second kappa shape index (κ2) is 17.3. The van der Waals surface area contributed by atoms with Gasteiger partial charge in [0.05, 0.1) is 36.7 Å². The van der Waals surface area contributed by atoms with E-state index in [1.165, 1.54) is 33.1 Å². The third kappa shape index (κ3) is 7.97. The first-order valence-corrected chi connectivity index (χ1v) is 21.2. The number of ether oxygens (including phenoxy) is 10. The Labute approximate surface area is 371 Å². The Balaban J connectivity index is 1.62. The van der Waals surface area contributed by atoms with Gasteiger partial charge in [-0.2, -0.15) is 0 Å². The van der Waals surface area contributed by atoms with Gasteiger partial charge in [0.1, 0.15) is 23.9 Å². The van der Waals surface area contributed by atoms with Crippen LogP contribution in [0.4, 0.5) is 14.4 Å². The summed E-state index contributed by atoms with van der Waals surface area (Å²) in [5.41, 5.74) is -8.47. The van der Waals surface area contributed by atoms with Crippen molar-refractivity contribution >= 4 is 42.1 Å². The number of hydrogen-bond acceptors (Lipinski definition) is 18. The Kier molecular flexibility index (Phi) is 13.0. The highest BCUT2D eigenvalue weighted by Crippen LogP contribution is 2.67. The number of benzene rings is 1. The van der Waals surface area contributed by atoms with E-state index in [0.717, 1.165) is 14.0 Å². The van der Waals surface area contributed by atoms with Crippen molar-refractivity contribution in [3.05, 3.63) is 47.0 Å². The maximum atomic E-state index is 15.8. The Hall–Kier alpha value is -5.27. The molecule has 0 radical (unpaired) electrons. The van der Waals surface area contributed by atoms with Gasteiger partial charge < -0.3 is 57.8 Å². The van der Waals surface area contributed by atoms with E-state index in [1.54, 1.807) is 52.8 Å². The van der Waals surface area contributed by atoms with Gasteiger partial charge >= 0.3 is 36.3 Å². The molecule has 3 aliphatic carbocycles. The SMILES string of the molecule is COC(=O)O[C@H]1C[C@H]2OC[C@@]2(OC(C)=O)[C@H]2[C@H](OC(=O)c3ccccc3)[C@]34OC(=O)O[C@H]3[C@H](OC(=O)[C@H](O)[C@H](CC(C)C)NC(=O)OC(C)(C)C)C(C)=C([C@@H](OC)C(=O)[C@]12C)C4(C)C. The highest BCUT2D eigenvalue weighted by atomic mass is 16.8. The zero-order valence-corrected chi connectivity index (χ0v) is 38.2. The topological polar surface area (TPSA) is 244 Å². The summed E-state index contributed by atoms with van der Waals surface area (Å²) < 4.78 is 59.6. The maximum Gasteiger partial charge on any atom is 0.509 e. The van der Waals surface area contributed by atoms with Crippen LogP contribution in [0.2, 0.25) is 0 Å². The Bertz CT molecular complexity index is 2080.